The summed E-state index contributed by atoms with van der Waals surface area (Å²) in [5.41, 5.74) is 1.49. The van der Waals surface area contributed by atoms with Gasteiger partial charge in [-0.25, -0.2) is 4.90 Å². The fourth-order valence-corrected chi connectivity index (χ4v) is 3.21. The zero-order chi connectivity index (χ0) is 22.0. The summed E-state index contributed by atoms with van der Waals surface area (Å²) in [6, 6.07) is 22.1. The molecule has 0 bridgehead atoms. The molecule has 0 saturated heterocycles. The molecule has 0 aliphatic carbocycles. The van der Waals surface area contributed by atoms with Gasteiger partial charge in [-0.1, -0.05) is 48.5 Å². The zero-order valence-electron chi connectivity index (χ0n) is 15.9. The average molecular weight is 424 g/mol. The Labute approximate surface area is 175 Å². The van der Waals surface area contributed by atoms with Crippen LogP contribution in [-0.2, 0) is 9.59 Å². The molecule has 2 amide bonds. The number of imide groups is 1. The Morgan fingerprint density at radius 3 is 1.90 bits per heavy atom. The van der Waals surface area contributed by atoms with Crippen LogP contribution in [0.3, 0.4) is 0 Å². The molecule has 0 saturated carbocycles. The van der Waals surface area contributed by atoms with Crippen molar-refractivity contribution in [1.29, 1.82) is 0 Å². The lowest BCUT2D eigenvalue weighted by Gasteiger charge is -2.15. The van der Waals surface area contributed by atoms with Crippen molar-refractivity contribution in [2.45, 2.75) is 6.36 Å². The predicted molar refractivity (Wildman–Crippen MR) is 109 cm³/mol. The predicted octanol–water partition coefficient (Wildman–Crippen LogP) is 4.98. The lowest BCUT2D eigenvalue weighted by atomic mass is 10.0. The molecule has 0 fully saturated rings. The summed E-state index contributed by atoms with van der Waals surface area (Å²) in [4.78, 5) is 27.4. The van der Waals surface area contributed by atoms with Crippen molar-refractivity contribution < 1.29 is 27.5 Å². The van der Waals surface area contributed by atoms with E-state index in [4.69, 9.17) is 0 Å². The van der Waals surface area contributed by atoms with Crippen LogP contribution in [0.5, 0.6) is 5.75 Å². The molecular weight excluding hydrogens is 409 g/mol. The second kappa shape index (κ2) is 7.98. The molecule has 1 aliphatic heterocycles. The SMILES string of the molecule is O=C1C(Nc2ccc(OC(F)(F)F)cc2)=C(c2ccccc2)C(=O)N1c1ccccc1. The maximum absolute atomic E-state index is 13.2. The summed E-state index contributed by atoms with van der Waals surface area (Å²) in [7, 11) is 0. The quantitative estimate of drug-likeness (QED) is 0.587. The first kappa shape index (κ1) is 20.2. The maximum atomic E-state index is 13.2. The highest BCUT2D eigenvalue weighted by Gasteiger charge is 2.40. The number of alkyl halides is 3. The van der Waals surface area contributed by atoms with Crippen LogP contribution < -0.4 is 15.0 Å². The van der Waals surface area contributed by atoms with E-state index in [-0.39, 0.29) is 11.3 Å². The number of anilines is 2. The van der Waals surface area contributed by atoms with Gasteiger partial charge in [0.05, 0.1) is 11.3 Å². The van der Waals surface area contributed by atoms with Crippen molar-refractivity contribution in [2.75, 3.05) is 10.2 Å². The number of halogens is 3. The van der Waals surface area contributed by atoms with Gasteiger partial charge in [-0.15, -0.1) is 13.2 Å². The van der Waals surface area contributed by atoms with Crippen LogP contribution in [0.25, 0.3) is 5.57 Å². The van der Waals surface area contributed by atoms with Crippen molar-refractivity contribution in [3.63, 3.8) is 0 Å². The molecule has 0 atom stereocenters. The van der Waals surface area contributed by atoms with Gasteiger partial charge in [-0.3, -0.25) is 9.59 Å². The minimum Gasteiger partial charge on any atom is -0.406 e. The normalized spacial score (nSPS) is 14.2. The summed E-state index contributed by atoms with van der Waals surface area (Å²) in [6.45, 7) is 0. The Morgan fingerprint density at radius 2 is 1.32 bits per heavy atom. The van der Waals surface area contributed by atoms with Crippen molar-refractivity contribution in [3.8, 4) is 5.75 Å². The zero-order valence-corrected chi connectivity index (χ0v) is 15.9. The van der Waals surface area contributed by atoms with Gasteiger partial charge in [0.1, 0.15) is 11.4 Å². The number of carbonyl (C=O) groups excluding carboxylic acids is 2. The van der Waals surface area contributed by atoms with Crippen LogP contribution in [0.15, 0.2) is 90.6 Å². The number of benzene rings is 3. The lowest BCUT2D eigenvalue weighted by molar-refractivity contribution is -0.274. The van der Waals surface area contributed by atoms with Crippen molar-refractivity contribution in [2.24, 2.45) is 0 Å². The van der Waals surface area contributed by atoms with Gasteiger partial charge >= 0.3 is 6.36 Å². The molecule has 0 radical (unpaired) electrons. The number of nitrogens with one attached hydrogen (secondary N) is 1. The van der Waals surface area contributed by atoms with E-state index < -0.39 is 23.9 Å². The summed E-state index contributed by atoms with van der Waals surface area (Å²) in [5.74, 6) is -1.46. The number of nitrogens with zero attached hydrogens (tertiary/aromatic N) is 1. The summed E-state index contributed by atoms with van der Waals surface area (Å²) in [6.07, 6.45) is -4.80. The molecule has 3 aromatic carbocycles. The summed E-state index contributed by atoms with van der Waals surface area (Å²) < 4.78 is 41.0. The molecule has 0 unspecified atom stereocenters. The van der Waals surface area contributed by atoms with E-state index >= 15 is 0 Å². The first-order valence-corrected chi connectivity index (χ1v) is 9.20. The second-order valence-corrected chi connectivity index (χ2v) is 6.59. The van der Waals surface area contributed by atoms with Crippen LogP contribution in [0.1, 0.15) is 5.56 Å². The highest BCUT2D eigenvalue weighted by Crippen LogP contribution is 2.34. The third kappa shape index (κ3) is 4.28. The molecular formula is C23H15F3N2O3. The van der Waals surface area contributed by atoms with E-state index in [1.54, 1.807) is 60.7 Å². The number of amides is 2. The van der Waals surface area contributed by atoms with Crippen molar-refractivity contribution >= 4 is 28.8 Å². The molecule has 0 aromatic heterocycles. The van der Waals surface area contributed by atoms with Crippen LogP contribution in [0.4, 0.5) is 24.5 Å². The Hall–Kier alpha value is -4.07. The third-order valence-electron chi connectivity index (χ3n) is 4.52. The molecule has 31 heavy (non-hydrogen) atoms. The van der Waals surface area contributed by atoms with Gasteiger partial charge in [-0.05, 0) is 42.0 Å². The van der Waals surface area contributed by atoms with Gasteiger partial charge in [0.25, 0.3) is 11.8 Å². The molecule has 4 rings (SSSR count). The summed E-state index contributed by atoms with van der Waals surface area (Å²) in [5, 5.41) is 2.89. The van der Waals surface area contributed by atoms with Gasteiger partial charge in [-0.2, -0.15) is 0 Å². The minimum atomic E-state index is -4.80. The van der Waals surface area contributed by atoms with Gasteiger partial charge in [0, 0.05) is 5.69 Å². The molecule has 156 valence electrons. The highest BCUT2D eigenvalue weighted by atomic mass is 19.4. The van der Waals surface area contributed by atoms with Gasteiger partial charge in [0.2, 0.25) is 0 Å². The Bertz CT molecular complexity index is 1140. The van der Waals surface area contributed by atoms with Crippen LogP contribution >= 0.6 is 0 Å². The number of rotatable bonds is 5. The standard InChI is InChI=1S/C23H15F3N2O3/c24-23(25,26)31-18-13-11-16(12-14-18)27-20-19(15-7-3-1-4-8-15)21(29)28(22(20)30)17-9-5-2-6-10-17/h1-14,27H. The van der Waals surface area contributed by atoms with E-state index in [0.29, 0.717) is 16.9 Å². The van der Waals surface area contributed by atoms with E-state index in [2.05, 4.69) is 10.1 Å². The number of hydrogen-bond donors (Lipinski definition) is 1. The van der Waals surface area contributed by atoms with E-state index in [9.17, 15) is 22.8 Å². The smallest absolute Gasteiger partial charge is 0.406 e. The monoisotopic (exact) mass is 424 g/mol. The van der Waals surface area contributed by atoms with Crippen LogP contribution in [0, 0.1) is 0 Å². The fourth-order valence-electron chi connectivity index (χ4n) is 3.21. The maximum Gasteiger partial charge on any atom is 0.573 e. The molecule has 0 spiro atoms. The van der Waals surface area contributed by atoms with Crippen molar-refractivity contribution in [3.05, 3.63) is 96.2 Å². The molecule has 1 N–H and O–H groups in total. The van der Waals surface area contributed by atoms with Gasteiger partial charge < -0.3 is 10.1 Å². The van der Waals surface area contributed by atoms with Crippen molar-refractivity contribution in [1.82, 2.24) is 0 Å². The molecule has 1 aliphatic rings. The second-order valence-electron chi connectivity index (χ2n) is 6.59. The largest absolute Gasteiger partial charge is 0.573 e. The average Bonchev–Trinajstić information content (AvgIpc) is 2.99. The number of carbonyl (C=O) groups is 2. The molecule has 8 heteroatoms. The fraction of sp³-hybridized carbons (Fsp3) is 0.0435. The highest BCUT2D eigenvalue weighted by molar-refractivity contribution is 6.46. The topological polar surface area (TPSA) is 58.6 Å². The number of hydrogen-bond acceptors (Lipinski definition) is 4. The lowest BCUT2D eigenvalue weighted by Crippen LogP contribution is -2.32. The van der Waals surface area contributed by atoms with E-state index in [1.165, 1.54) is 12.1 Å². The van der Waals surface area contributed by atoms with E-state index in [0.717, 1.165) is 17.0 Å². The van der Waals surface area contributed by atoms with Crippen LogP contribution in [-0.4, -0.2) is 18.2 Å². The number of para-hydroxylation sites is 1. The Morgan fingerprint density at radius 1 is 0.742 bits per heavy atom. The summed E-state index contributed by atoms with van der Waals surface area (Å²) >= 11 is 0. The van der Waals surface area contributed by atoms with E-state index in [1.807, 2.05) is 0 Å². The Balaban J connectivity index is 1.70. The number of ether oxygens (including phenoxy) is 1. The molecule has 1 heterocycles. The molecule has 3 aromatic rings. The van der Waals surface area contributed by atoms with Crippen LogP contribution in [0.2, 0.25) is 0 Å². The first-order valence-electron chi connectivity index (χ1n) is 9.20. The Kier molecular flexibility index (Phi) is 5.21. The molecule has 5 nitrogen and oxygen atoms in total. The van der Waals surface area contributed by atoms with Gasteiger partial charge in [0.15, 0.2) is 0 Å². The minimum absolute atomic E-state index is 0.0320. The first-order chi connectivity index (χ1) is 14.8. The third-order valence-corrected chi connectivity index (χ3v) is 4.52.